The number of nitrogens with zero attached hydrogens (tertiary/aromatic N) is 1. The van der Waals surface area contributed by atoms with Crippen LogP contribution < -0.4 is 10.2 Å². The van der Waals surface area contributed by atoms with Crippen LogP contribution in [0.2, 0.25) is 0 Å². The zero-order valence-corrected chi connectivity index (χ0v) is 61.9. The van der Waals surface area contributed by atoms with Crippen molar-refractivity contribution in [3.8, 4) is 0 Å². The minimum absolute atomic E-state index is 0.0272. The topological polar surface area (TPSA) is 114 Å². The molecule has 0 radical (unpaired) electrons. The van der Waals surface area contributed by atoms with Crippen LogP contribution in [0.25, 0.3) is 0 Å². The number of phosphoric acid groups is 1. The van der Waals surface area contributed by atoms with E-state index in [0.29, 0.717) is 17.4 Å². The third-order valence-corrected chi connectivity index (χ3v) is 17.9. The zero-order valence-electron chi connectivity index (χ0n) is 61.0. The maximum absolute atomic E-state index is 13.6. The average Bonchev–Trinajstić information content (AvgIpc) is 3.69. The Morgan fingerprint density at radius 1 is 0.380 bits per heavy atom. The van der Waals surface area contributed by atoms with Gasteiger partial charge in [0.25, 0.3) is 7.82 Å². The summed E-state index contributed by atoms with van der Waals surface area (Å²) in [6.45, 7) is 6.81. The molecule has 0 aromatic carbocycles. The van der Waals surface area contributed by atoms with E-state index in [4.69, 9.17) is 13.8 Å². The van der Waals surface area contributed by atoms with Gasteiger partial charge in [0, 0.05) is 12.8 Å². The first-order valence-corrected chi connectivity index (χ1v) is 40.2. The lowest BCUT2D eigenvalue weighted by Gasteiger charge is -2.30. The summed E-state index contributed by atoms with van der Waals surface area (Å²) in [4.78, 5) is 40.3. The van der Waals surface area contributed by atoms with Crippen LogP contribution >= 0.6 is 7.82 Å². The fraction of sp³-hybridized carbons (Fsp3) is 0.756. The first-order valence-electron chi connectivity index (χ1n) is 38.7. The molecule has 0 aromatic rings. The van der Waals surface area contributed by atoms with Crippen LogP contribution in [0.15, 0.2) is 109 Å². The number of carbonyl (C=O) groups excluding carboxylic acids is 2. The molecule has 3 atom stereocenters. The lowest BCUT2D eigenvalue weighted by molar-refractivity contribution is -0.870. The number of quaternary nitrogens is 1. The van der Waals surface area contributed by atoms with Crippen LogP contribution in [0.4, 0.5) is 0 Å². The number of likely N-dealkylation sites (N-methyl/N-ethyl adjacent to an activating group) is 1. The summed E-state index contributed by atoms with van der Waals surface area (Å²) >= 11 is 0. The number of nitrogens with one attached hydrogen (secondary N) is 1. The summed E-state index contributed by atoms with van der Waals surface area (Å²) in [5.41, 5.74) is 0. The second-order valence-electron chi connectivity index (χ2n) is 27.1. The van der Waals surface area contributed by atoms with Crippen molar-refractivity contribution in [2.75, 3.05) is 40.9 Å². The fourth-order valence-corrected chi connectivity index (χ4v) is 11.7. The smallest absolute Gasteiger partial charge is 0.306 e. The molecular weight excluding hydrogens is 1160 g/mol. The zero-order chi connectivity index (χ0) is 67.0. The predicted molar refractivity (Wildman–Crippen MR) is 399 cm³/mol. The SMILES string of the molecule is CCCCC/C=C\C/C=C\C/C=C\C/C=C\CCCCCCCCCCCCCC(=O)NC(COP(=O)([O-])OCC[N+](C)(C)C)C(/C=C/CCCCCCCCCCCC)OC(=O)CCCCCCCCCCCCC/C=C\C/C=C\C/C=C\C/C=C\CCCCC. The van der Waals surface area contributed by atoms with Crippen molar-refractivity contribution in [3.05, 3.63) is 109 Å². The molecule has 0 saturated heterocycles. The Morgan fingerprint density at radius 3 is 1.01 bits per heavy atom. The second-order valence-corrected chi connectivity index (χ2v) is 28.6. The van der Waals surface area contributed by atoms with Gasteiger partial charge in [0.1, 0.15) is 19.3 Å². The molecule has 0 aliphatic carbocycles. The summed E-state index contributed by atoms with van der Waals surface area (Å²) < 4.78 is 30.5. The van der Waals surface area contributed by atoms with Crippen molar-refractivity contribution in [1.29, 1.82) is 0 Å². The Morgan fingerprint density at radius 2 is 0.663 bits per heavy atom. The van der Waals surface area contributed by atoms with Crippen molar-refractivity contribution in [2.45, 2.75) is 360 Å². The number of carbonyl (C=O) groups is 2. The summed E-state index contributed by atoms with van der Waals surface area (Å²) in [6.07, 6.45) is 97.9. The van der Waals surface area contributed by atoms with Gasteiger partial charge in [0.2, 0.25) is 5.91 Å². The summed E-state index contributed by atoms with van der Waals surface area (Å²) in [6, 6.07) is -0.899. The van der Waals surface area contributed by atoms with Crippen LogP contribution in [0.5, 0.6) is 0 Å². The van der Waals surface area contributed by atoms with Crippen molar-refractivity contribution in [1.82, 2.24) is 5.32 Å². The highest BCUT2D eigenvalue weighted by atomic mass is 31.2. The predicted octanol–water partition coefficient (Wildman–Crippen LogP) is 24.6. The minimum atomic E-state index is -4.72. The monoisotopic (exact) mass is 1300 g/mol. The molecule has 0 fully saturated rings. The molecule has 1 N–H and O–H groups in total. The Labute approximate surface area is 570 Å². The van der Waals surface area contributed by atoms with E-state index in [1.807, 2.05) is 33.3 Å². The van der Waals surface area contributed by atoms with Crippen LogP contribution in [0.1, 0.15) is 348 Å². The summed E-state index contributed by atoms with van der Waals surface area (Å²) in [5.74, 6) is -0.543. The van der Waals surface area contributed by atoms with E-state index in [1.54, 1.807) is 0 Å². The lowest BCUT2D eigenvalue weighted by Crippen LogP contribution is -2.47. The average molecular weight is 1300 g/mol. The van der Waals surface area contributed by atoms with Gasteiger partial charge in [-0.15, -0.1) is 0 Å². The van der Waals surface area contributed by atoms with Gasteiger partial charge in [-0.25, -0.2) is 0 Å². The number of hydrogen-bond acceptors (Lipinski definition) is 7. The Balaban J connectivity index is 4.99. The third kappa shape index (κ3) is 71.0. The molecule has 0 saturated carbocycles. The molecule has 532 valence electrons. The number of hydrogen-bond donors (Lipinski definition) is 1. The normalized spacial score (nSPS) is 14.0. The van der Waals surface area contributed by atoms with Gasteiger partial charge in [-0.05, 0) is 122 Å². The maximum atomic E-state index is 13.6. The Hall–Kier alpha value is -3.33. The van der Waals surface area contributed by atoms with Gasteiger partial charge < -0.3 is 28.5 Å². The van der Waals surface area contributed by atoms with Gasteiger partial charge >= 0.3 is 5.97 Å². The number of phosphoric ester groups is 1. The lowest BCUT2D eigenvalue weighted by atomic mass is 10.0. The van der Waals surface area contributed by atoms with Gasteiger partial charge in [-0.2, -0.15) is 0 Å². The van der Waals surface area contributed by atoms with Crippen LogP contribution in [-0.4, -0.2) is 69.4 Å². The van der Waals surface area contributed by atoms with Crippen molar-refractivity contribution in [2.24, 2.45) is 0 Å². The molecule has 0 spiro atoms. The van der Waals surface area contributed by atoms with E-state index in [1.165, 1.54) is 205 Å². The molecule has 1 amide bonds. The molecule has 0 aliphatic heterocycles. The molecule has 0 bridgehead atoms. The quantitative estimate of drug-likeness (QED) is 0.0212. The molecule has 0 aromatic heterocycles. The van der Waals surface area contributed by atoms with Gasteiger partial charge in [0.05, 0.1) is 33.8 Å². The Bertz CT molecular complexity index is 1940. The second kappa shape index (κ2) is 70.5. The molecule has 92 heavy (non-hydrogen) atoms. The number of ether oxygens (including phenoxy) is 1. The first-order chi connectivity index (χ1) is 44.9. The van der Waals surface area contributed by atoms with Gasteiger partial charge in [-0.1, -0.05) is 323 Å². The molecule has 0 heterocycles. The molecule has 3 unspecified atom stereocenters. The fourth-order valence-electron chi connectivity index (χ4n) is 11.0. The van der Waals surface area contributed by atoms with E-state index in [2.05, 4.69) is 123 Å². The maximum Gasteiger partial charge on any atom is 0.306 e. The van der Waals surface area contributed by atoms with E-state index in [0.717, 1.165) is 109 Å². The standard InChI is InChI=1S/C82H147N2O7P/c1-7-10-13-16-19-22-25-28-30-32-34-36-38-40-42-44-46-48-50-52-54-56-59-62-65-68-71-74-81(85)83-79(78-90-92(87,88)89-77-76-84(4,5)6)80(73-70-67-64-61-58-27-24-21-18-15-12-9-3)91-82(86)75-72-69-66-63-60-57-55-53-51-49-47-45-43-41-39-37-35-33-31-29-26-23-20-17-14-11-8-2/h19-20,22-23,28-31,34-37,40-43,70,73,79-80H,7-18,21,24-27,32-33,38-39,44-69,71-72,74-78H2,1-6H3,(H-,83,85,87,88)/b22-19-,23-20-,30-28-,31-29-,36-34-,37-35-,42-40-,43-41-,73-70+. The van der Waals surface area contributed by atoms with Crippen LogP contribution in [0.3, 0.4) is 0 Å². The third-order valence-electron chi connectivity index (χ3n) is 16.9. The van der Waals surface area contributed by atoms with E-state index < -0.39 is 26.6 Å². The number of esters is 1. The van der Waals surface area contributed by atoms with E-state index in [9.17, 15) is 19.0 Å². The highest BCUT2D eigenvalue weighted by molar-refractivity contribution is 7.45. The summed E-state index contributed by atoms with van der Waals surface area (Å²) in [5, 5.41) is 3.05. The van der Waals surface area contributed by atoms with Crippen molar-refractivity contribution in [3.63, 3.8) is 0 Å². The molecule has 9 nitrogen and oxygen atoms in total. The number of unbranched alkanes of at least 4 members (excludes halogenated alkanes) is 38. The molecule has 0 aliphatic rings. The van der Waals surface area contributed by atoms with Gasteiger partial charge in [0.15, 0.2) is 0 Å². The minimum Gasteiger partial charge on any atom is -0.756 e. The molecular formula is C82H147N2O7P. The molecule has 0 rings (SSSR count). The number of allylic oxidation sites excluding steroid dienone is 17. The van der Waals surface area contributed by atoms with E-state index in [-0.39, 0.29) is 24.9 Å². The Kier molecular flexibility index (Phi) is 67.9. The van der Waals surface area contributed by atoms with Crippen LogP contribution in [0, 0.1) is 0 Å². The van der Waals surface area contributed by atoms with Crippen LogP contribution in [-0.2, 0) is 27.9 Å². The highest BCUT2D eigenvalue weighted by Crippen LogP contribution is 2.38. The van der Waals surface area contributed by atoms with Gasteiger partial charge in [-0.3, -0.25) is 14.2 Å². The first kappa shape index (κ1) is 88.7. The highest BCUT2D eigenvalue weighted by Gasteiger charge is 2.27. The van der Waals surface area contributed by atoms with Crippen molar-refractivity contribution < 1.29 is 37.3 Å². The van der Waals surface area contributed by atoms with E-state index >= 15 is 0 Å². The summed E-state index contributed by atoms with van der Waals surface area (Å²) in [7, 11) is 1.18. The number of rotatable bonds is 70. The number of amides is 1. The largest absolute Gasteiger partial charge is 0.756 e. The van der Waals surface area contributed by atoms with Crippen molar-refractivity contribution >= 4 is 19.7 Å². The molecule has 10 heteroatoms.